The second kappa shape index (κ2) is 10.4. The molecule has 6 nitrogen and oxygen atoms in total. The van der Waals surface area contributed by atoms with Crippen molar-refractivity contribution in [3.05, 3.63) is 47.3 Å². The van der Waals surface area contributed by atoms with Crippen molar-refractivity contribution < 1.29 is 4.74 Å². The molecule has 6 heteroatoms. The lowest BCUT2D eigenvalue weighted by Gasteiger charge is -2.36. The summed E-state index contributed by atoms with van der Waals surface area (Å²) < 4.78 is 5.99. The topological polar surface area (TPSA) is 47.6 Å². The third kappa shape index (κ3) is 6.05. The fourth-order valence-electron chi connectivity index (χ4n) is 4.65. The van der Waals surface area contributed by atoms with E-state index < -0.39 is 5.60 Å². The number of benzene rings is 1. The van der Waals surface area contributed by atoms with E-state index >= 15 is 0 Å². The maximum Gasteiger partial charge on any atom is 0.138 e. The third-order valence-electron chi connectivity index (χ3n) is 6.67. The third-order valence-corrected chi connectivity index (χ3v) is 6.67. The Morgan fingerprint density at radius 3 is 2.40 bits per heavy atom. The number of likely N-dealkylation sites (N-methyl/N-ethyl adjacent to an activating group) is 2. The number of rotatable bonds is 6. The number of hydrogen-bond acceptors (Lipinski definition) is 5. The monoisotopic (exact) mass is 473 g/mol. The van der Waals surface area contributed by atoms with Gasteiger partial charge in [0.2, 0.25) is 0 Å². The van der Waals surface area contributed by atoms with Crippen LogP contribution in [0.25, 0.3) is 22.2 Å². The van der Waals surface area contributed by atoms with Crippen molar-refractivity contribution in [1.82, 2.24) is 19.8 Å². The molecule has 1 aliphatic heterocycles. The van der Waals surface area contributed by atoms with Gasteiger partial charge in [0.15, 0.2) is 0 Å². The summed E-state index contributed by atoms with van der Waals surface area (Å²) in [6.07, 6.45) is 3.89. The minimum absolute atomic E-state index is 0.516. The van der Waals surface area contributed by atoms with Crippen molar-refractivity contribution in [2.24, 2.45) is 0 Å². The van der Waals surface area contributed by atoms with E-state index in [1.807, 2.05) is 40.3 Å². The Hall–Kier alpha value is -2.85. The average molecular weight is 474 g/mol. The normalized spacial score (nSPS) is 15.0. The van der Waals surface area contributed by atoms with E-state index in [2.05, 4.69) is 70.6 Å². The summed E-state index contributed by atoms with van der Waals surface area (Å²) in [5, 5.41) is 1.04. The Labute approximate surface area is 210 Å². The number of nitrogens with zero attached hydrogens (tertiary/aromatic N) is 4. The Bertz CT molecular complexity index is 1220. The van der Waals surface area contributed by atoms with Gasteiger partial charge in [-0.05, 0) is 83.7 Å². The number of H-pyrrole nitrogens is 1. The van der Waals surface area contributed by atoms with E-state index in [1.165, 1.54) is 22.4 Å². The molecule has 0 bridgehead atoms. The Balaban J connectivity index is 1.60. The number of aryl methyl sites for hydroxylation is 2. The summed E-state index contributed by atoms with van der Waals surface area (Å²) in [6, 6.07) is 6.79. The first-order chi connectivity index (χ1) is 16.6. The van der Waals surface area contributed by atoms with Gasteiger partial charge in [0.25, 0.3) is 0 Å². The molecule has 3 heterocycles. The van der Waals surface area contributed by atoms with Crippen molar-refractivity contribution in [3.8, 4) is 23.0 Å². The highest BCUT2D eigenvalue weighted by Crippen LogP contribution is 2.32. The Morgan fingerprint density at radius 2 is 1.74 bits per heavy atom. The van der Waals surface area contributed by atoms with Gasteiger partial charge in [-0.1, -0.05) is 11.8 Å². The van der Waals surface area contributed by atoms with E-state index in [0.29, 0.717) is 6.61 Å². The molecule has 1 fully saturated rings. The average Bonchev–Trinajstić information content (AvgIpc) is 3.20. The molecule has 0 unspecified atom stereocenters. The molecular formula is C29H39N5O. The molecule has 2 aromatic heterocycles. The molecule has 3 aromatic rings. The van der Waals surface area contributed by atoms with Gasteiger partial charge in [-0.3, -0.25) is 0 Å². The number of anilines is 1. The van der Waals surface area contributed by atoms with E-state index in [0.717, 1.165) is 54.9 Å². The van der Waals surface area contributed by atoms with Gasteiger partial charge < -0.3 is 24.4 Å². The second-order valence-electron chi connectivity index (χ2n) is 10.5. The summed E-state index contributed by atoms with van der Waals surface area (Å²) in [5.74, 6) is 6.64. The molecule has 0 radical (unpaired) electrons. The van der Waals surface area contributed by atoms with Crippen molar-refractivity contribution in [2.75, 3.05) is 65.4 Å². The first-order valence-corrected chi connectivity index (χ1v) is 12.5. The molecule has 1 N–H and O–H groups in total. The Kier molecular flexibility index (Phi) is 7.51. The predicted molar refractivity (Wildman–Crippen MR) is 146 cm³/mol. The van der Waals surface area contributed by atoms with Crippen LogP contribution in [0.4, 0.5) is 5.69 Å². The van der Waals surface area contributed by atoms with E-state index in [4.69, 9.17) is 9.72 Å². The number of fused-ring (bicyclic) bond motifs is 1. The highest BCUT2D eigenvalue weighted by atomic mass is 16.5. The van der Waals surface area contributed by atoms with E-state index in [1.54, 1.807) is 0 Å². The molecule has 0 amide bonds. The van der Waals surface area contributed by atoms with Crippen molar-refractivity contribution in [3.63, 3.8) is 0 Å². The summed E-state index contributed by atoms with van der Waals surface area (Å²) in [7, 11) is 6.28. The van der Waals surface area contributed by atoms with Crippen LogP contribution >= 0.6 is 0 Å². The summed E-state index contributed by atoms with van der Waals surface area (Å²) in [5.41, 5.74) is 7.59. The standard InChI is InChI=1S/C29H39N5O/c1-21-16-24(17-22(2)27(21)34-12-10-33(7)11-13-34)25-18-26-23(19-30-28(26)31-20-25)8-9-29(3,4)35-15-14-32(5)6/h16-20H,10-15H2,1-7H3,(H,30,31). The van der Waals surface area contributed by atoms with E-state index in [-0.39, 0.29) is 0 Å². The van der Waals surface area contributed by atoms with Crippen molar-refractivity contribution in [2.45, 2.75) is 33.3 Å². The maximum atomic E-state index is 5.99. The molecular weight excluding hydrogens is 434 g/mol. The van der Waals surface area contributed by atoms with Gasteiger partial charge in [0.05, 0.1) is 12.2 Å². The molecule has 4 rings (SSSR count). The van der Waals surface area contributed by atoms with Crippen LogP contribution in [-0.2, 0) is 4.74 Å². The summed E-state index contributed by atoms with van der Waals surface area (Å²) in [6.45, 7) is 14.4. The number of aromatic nitrogens is 2. The Morgan fingerprint density at radius 1 is 1.06 bits per heavy atom. The molecule has 0 saturated carbocycles. The number of nitrogens with one attached hydrogen (secondary N) is 1. The molecule has 0 atom stereocenters. The van der Waals surface area contributed by atoms with Gasteiger partial charge in [0, 0.05) is 61.8 Å². The lowest BCUT2D eigenvalue weighted by Crippen LogP contribution is -2.45. The van der Waals surface area contributed by atoms with Crippen LogP contribution in [0.1, 0.15) is 30.5 Å². The molecule has 1 saturated heterocycles. The van der Waals surface area contributed by atoms with Gasteiger partial charge in [-0.25, -0.2) is 4.98 Å². The highest BCUT2D eigenvalue weighted by molar-refractivity contribution is 5.87. The maximum absolute atomic E-state index is 5.99. The SMILES string of the molecule is Cc1cc(-c2cnc3[nH]cc(C#CC(C)(C)OCCN(C)C)c3c2)cc(C)c1N1CCN(C)CC1. The minimum Gasteiger partial charge on any atom is -0.369 e. The molecule has 1 aromatic carbocycles. The molecule has 0 spiro atoms. The lowest BCUT2D eigenvalue weighted by molar-refractivity contribution is 0.0195. The van der Waals surface area contributed by atoms with Crippen LogP contribution in [0.15, 0.2) is 30.6 Å². The van der Waals surface area contributed by atoms with Crippen LogP contribution in [0.3, 0.4) is 0 Å². The van der Waals surface area contributed by atoms with Crippen LogP contribution in [0, 0.1) is 25.7 Å². The molecule has 186 valence electrons. The van der Waals surface area contributed by atoms with Gasteiger partial charge in [-0.15, -0.1) is 0 Å². The number of ether oxygens (including phenoxy) is 1. The van der Waals surface area contributed by atoms with Crippen LogP contribution in [0.2, 0.25) is 0 Å². The quantitative estimate of drug-likeness (QED) is 0.541. The van der Waals surface area contributed by atoms with Crippen molar-refractivity contribution >= 4 is 16.7 Å². The summed E-state index contributed by atoms with van der Waals surface area (Å²) in [4.78, 5) is 15.0. The highest BCUT2D eigenvalue weighted by Gasteiger charge is 2.19. The number of pyridine rings is 1. The van der Waals surface area contributed by atoms with Crippen LogP contribution in [-0.4, -0.2) is 85.8 Å². The zero-order chi connectivity index (χ0) is 25.2. The summed E-state index contributed by atoms with van der Waals surface area (Å²) >= 11 is 0. The smallest absolute Gasteiger partial charge is 0.138 e. The number of aromatic amines is 1. The largest absolute Gasteiger partial charge is 0.369 e. The molecule has 0 aliphatic carbocycles. The van der Waals surface area contributed by atoms with Crippen LogP contribution in [0.5, 0.6) is 0 Å². The number of piperazine rings is 1. The minimum atomic E-state index is -0.516. The van der Waals surface area contributed by atoms with Crippen LogP contribution < -0.4 is 4.90 Å². The second-order valence-corrected chi connectivity index (χ2v) is 10.5. The number of hydrogen-bond donors (Lipinski definition) is 1. The fraction of sp³-hybridized carbons (Fsp3) is 0.483. The molecule has 35 heavy (non-hydrogen) atoms. The first-order valence-electron chi connectivity index (χ1n) is 12.5. The molecule has 1 aliphatic rings. The fourth-order valence-corrected chi connectivity index (χ4v) is 4.65. The van der Waals surface area contributed by atoms with E-state index in [9.17, 15) is 0 Å². The zero-order valence-electron chi connectivity index (χ0n) is 22.3. The van der Waals surface area contributed by atoms with Crippen molar-refractivity contribution in [1.29, 1.82) is 0 Å². The lowest BCUT2D eigenvalue weighted by atomic mass is 9.98. The van der Waals surface area contributed by atoms with Gasteiger partial charge >= 0.3 is 0 Å². The first kappa shape index (κ1) is 25.2. The van der Waals surface area contributed by atoms with Gasteiger partial charge in [0.1, 0.15) is 11.2 Å². The zero-order valence-corrected chi connectivity index (χ0v) is 22.3. The van der Waals surface area contributed by atoms with Gasteiger partial charge in [-0.2, -0.15) is 0 Å². The predicted octanol–water partition coefficient (Wildman–Crippen LogP) is 4.31.